The van der Waals surface area contributed by atoms with Crippen LogP contribution in [0.3, 0.4) is 0 Å². The quantitative estimate of drug-likeness (QED) is 0.771. The van der Waals surface area contributed by atoms with Crippen molar-refractivity contribution in [2.24, 2.45) is 5.92 Å². The van der Waals surface area contributed by atoms with Gasteiger partial charge in [-0.15, -0.1) is 0 Å². The van der Waals surface area contributed by atoms with Gasteiger partial charge in [-0.3, -0.25) is 4.79 Å². The van der Waals surface area contributed by atoms with Gasteiger partial charge in [0.1, 0.15) is 0 Å². The second-order valence-electron chi connectivity index (χ2n) is 5.64. The minimum absolute atomic E-state index is 0.273. The fraction of sp³-hybridized carbons (Fsp3) is 0.929. The predicted octanol–water partition coefficient (Wildman–Crippen LogP) is 2.22. The summed E-state index contributed by atoms with van der Waals surface area (Å²) >= 11 is 0. The molecular weight excluding hydrogens is 212 g/mol. The molecule has 0 aromatic heterocycles. The third-order valence-corrected chi connectivity index (χ3v) is 4.18. The zero-order chi connectivity index (χ0) is 11.9. The van der Waals surface area contributed by atoms with E-state index in [0.717, 1.165) is 25.9 Å². The highest BCUT2D eigenvalue weighted by Crippen LogP contribution is 2.25. The van der Waals surface area contributed by atoms with E-state index in [2.05, 4.69) is 10.6 Å². The molecule has 1 amide bonds. The van der Waals surface area contributed by atoms with Crippen molar-refractivity contribution in [1.29, 1.82) is 0 Å². The van der Waals surface area contributed by atoms with Crippen molar-refractivity contribution in [3.05, 3.63) is 0 Å². The molecule has 1 saturated heterocycles. The SMILES string of the molecule is O=C(CC1CCCCC1)NCCC1CCCN1. The van der Waals surface area contributed by atoms with Gasteiger partial charge in [0.15, 0.2) is 0 Å². The number of amides is 1. The van der Waals surface area contributed by atoms with Gasteiger partial charge in [-0.25, -0.2) is 0 Å². The molecule has 17 heavy (non-hydrogen) atoms. The van der Waals surface area contributed by atoms with E-state index in [4.69, 9.17) is 0 Å². The second kappa shape index (κ2) is 7.00. The average Bonchev–Trinajstić information content (AvgIpc) is 2.83. The number of rotatable bonds is 5. The molecule has 2 fully saturated rings. The summed E-state index contributed by atoms with van der Waals surface area (Å²) in [6, 6.07) is 0.644. The summed E-state index contributed by atoms with van der Waals surface area (Å²) in [7, 11) is 0. The van der Waals surface area contributed by atoms with Gasteiger partial charge >= 0.3 is 0 Å². The Kier molecular flexibility index (Phi) is 5.30. The summed E-state index contributed by atoms with van der Waals surface area (Å²) in [5.74, 6) is 0.934. The van der Waals surface area contributed by atoms with Crippen molar-refractivity contribution < 1.29 is 4.79 Å². The van der Waals surface area contributed by atoms with Crippen molar-refractivity contribution in [2.45, 2.75) is 63.8 Å². The van der Waals surface area contributed by atoms with Gasteiger partial charge < -0.3 is 10.6 Å². The summed E-state index contributed by atoms with van der Waals surface area (Å²) in [5, 5.41) is 6.54. The van der Waals surface area contributed by atoms with Crippen molar-refractivity contribution in [2.75, 3.05) is 13.1 Å². The van der Waals surface area contributed by atoms with E-state index >= 15 is 0 Å². The molecule has 2 N–H and O–H groups in total. The lowest BCUT2D eigenvalue weighted by atomic mass is 9.87. The molecule has 1 unspecified atom stereocenters. The number of carbonyl (C=O) groups is 1. The Morgan fingerprint density at radius 3 is 2.65 bits per heavy atom. The Balaban J connectivity index is 1.53. The van der Waals surface area contributed by atoms with Crippen LogP contribution in [-0.4, -0.2) is 25.0 Å². The molecule has 1 saturated carbocycles. The van der Waals surface area contributed by atoms with E-state index in [-0.39, 0.29) is 5.91 Å². The summed E-state index contributed by atoms with van der Waals surface area (Å²) in [4.78, 5) is 11.8. The number of hydrogen-bond acceptors (Lipinski definition) is 2. The highest BCUT2D eigenvalue weighted by atomic mass is 16.1. The van der Waals surface area contributed by atoms with Crippen LogP contribution in [0.15, 0.2) is 0 Å². The molecule has 2 rings (SSSR count). The third-order valence-electron chi connectivity index (χ3n) is 4.18. The molecule has 0 radical (unpaired) electrons. The van der Waals surface area contributed by atoms with Gasteiger partial charge in [0.2, 0.25) is 5.91 Å². The first-order valence-corrected chi connectivity index (χ1v) is 7.34. The van der Waals surface area contributed by atoms with Crippen molar-refractivity contribution >= 4 is 5.91 Å². The zero-order valence-corrected chi connectivity index (χ0v) is 10.8. The lowest BCUT2D eigenvalue weighted by Gasteiger charge is -2.21. The van der Waals surface area contributed by atoms with E-state index in [1.165, 1.54) is 44.9 Å². The molecule has 0 bridgehead atoms. The summed E-state index contributed by atoms with van der Waals surface area (Å²) < 4.78 is 0. The smallest absolute Gasteiger partial charge is 0.220 e. The van der Waals surface area contributed by atoms with Crippen LogP contribution in [0.25, 0.3) is 0 Å². The van der Waals surface area contributed by atoms with E-state index in [0.29, 0.717) is 12.0 Å². The second-order valence-corrected chi connectivity index (χ2v) is 5.64. The Labute approximate surface area is 105 Å². The molecule has 1 aliphatic heterocycles. The molecule has 98 valence electrons. The summed E-state index contributed by atoms with van der Waals surface area (Å²) in [5.41, 5.74) is 0. The lowest BCUT2D eigenvalue weighted by Crippen LogP contribution is -2.31. The van der Waals surface area contributed by atoms with Crippen LogP contribution in [-0.2, 0) is 4.79 Å². The number of nitrogens with one attached hydrogen (secondary N) is 2. The first-order chi connectivity index (χ1) is 8.34. The molecule has 3 heteroatoms. The van der Waals surface area contributed by atoms with Gasteiger partial charge in [-0.2, -0.15) is 0 Å². The molecule has 1 atom stereocenters. The van der Waals surface area contributed by atoms with Crippen LogP contribution in [0.1, 0.15) is 57.8 Å². The molecule has 1 aliphatic carbocycles. The highest BCUT2D eigenvalue weighted by molar-refractivity contribution is 5.76. The van der Waals surface area contributed by atoms with Crippen LogP contribution in [0.5, 0.6) is 0 Å². The van der Waals surface area contributed by atoms with Crippen LogP contribution in [0.2, 0.25) is 0 Å². The molecule has 2 aliphatic rings. The highest BCUT2D eigenvalue weighted by Gasteiger charge is 2.17. The average molecular weight is 238 g/mol. The number of carbonyl (C=O) groups excluding carboxylic acids is 1. The fourth-order valence-corrected chi connectivity index (χ4v) is 3.11. The van der Waals surface area contributed by atoms with E-state index in [1.54, 1.807) is 0 Å². The molecular formula is C14H26N2O. The Morgan fingerprint density at radius 2 is 1.94 bits per heavy atom. The molecule has 0 aromatic rings. The normalized spacial score (nSPS) is 26.0. The van der Waals surface area contributed by atoms with E-state index in [9.17, 15) is 4.79 Å². The van der Waals surface area contributed by atoms with Gasteiger partial charge in [0.05, 0.1) is 0 Å². The monoisotopic (exact) mass is 238 g/mol. The standard InChI is InChI=1S/C14H26N2O/c17-14(11-12-5-2-1-3-6-12)16-10-8-13-7-4-9-15-13/h12-13,15H,1-11H2,(H,16,17). The van der Waals surface area contributed by atoms with Gasteiger partial charge in [0.25, 0.3) is 0 Å². The first-order valence-electron chi connectivity index (χ1n) is 7.34. The van der Waals surface area contributed by atoms with Crippen molar-refractivity contribution in [1.82, 2.24) is 10.6 Å². The molecule has 3 nitrogen and oxygen atoms in total. The number of hydrogen-bond donors (Lipinski definition) is 2. The first kappa shape index (κ1) is 12.9. The Hall–Kier alpha value is -0.570. The van der Waals surface area contributed by atoms with Crippen molar-refractivity contribution in [3.8, 4) is 0 Å². The predicted molar refractivity (Wildman–Crippen MR) is 69.8 cm³/mol. The Bertz CT molecular complexity index is 230. The van der Waals surface area contributed by atoms with E-state index < -0.39 is 0 Å². The molecule has 1 heterocycles. The van der Waals surface area contributed by atoms with Crippen LogP contribution >= 0.6 is 0 Å². The summed E-state index contributed by atoms with van der Waals surface area (Å²) in [6.45, 7) is 2.00. The fourth-order valence-electron chi connectivity index (χ4n) is 3.11. The van der Waals surface area contributed by atoms with E-state index in [1.807, 2.05) is 0 Å². The molecule has 0 spiro atoms. The Morgan fingerprint density at radius 1 is 1.12 bits per heavy atom. The third kappa shape index (κ3) is 4.66. The minimum Gasteiger partial charge on any atom is -0.356 e. The summed E-state index contributed by atoms with van der Waals surface area (Å²) in [6.07, 6.45) is 11.0. The van der Waals surface area contributed by atoms with Crippen molar-refractivity contribution in [3.63, 3.8) is 0 Å². The zero-order valence-electron chi connectivity index (χ0n) is 10.8. The van der Waals surface area contributed by atoms with Gasteiger partial charge in [-0.05, 0) is 44.6 Å². The molecule has 0 aromatic carbocycles. The maximum Gasteiger partial charge on any atom is 0.220 e. The largest absolute Gasteiger partial charge is 0.356 e. The lowest BCUT2D eigenvalue weighted by molar-refractivity contribution is -0.122. The van der Waals surface area contributed by atoms with Gasteiger partial charge in [-0.1, -0.05) is 19.3 Å². The topological polar surface area (TPSA) is 41.1 Å². The minimum atomic E-state index is 0.273. The van der Waals surface area contributed by atoms with Crippen LogP contribution in [0.4, 0.5) is 0 Å². The van der Waals surface area contributed by atoms with Crippen LogP contribution < -0.4 is 10.6 Å². The van der Waals surface area contributed by atoms with Gasteiger partial charge in [0, 0.05) is 19.0 Å². The maximum absolute atomic E-state index is 11.8. The maximum atomic E-state index is 11.8. The van der Waals surface area contributed by atoms with Crippen LogP contribution in [0, 0.1) is 5.92 Å².